The second kappa shape index (κ2) is 5.97. The van der Waals surface area contributed by atoms with Crippen molar-refractivity contribution >= 4 is 10.0 Å². The summed E-state index contributed by atoms with van der Waals surface area (Å²) in [6.07, 6.45) is 2.14. The fourth-order valence-corrected chi connectivity index (χ4v) is 2.18. The lowest BCUT2D eigenvalue weighted by Gasteiger charge is -2.04. The zero-order valence-corrected chi connectivity index (χ0v) is 10.3. The van der Waals surface area contributed by atoms with Gasteiger partial charge in [-0.25, -0.2) is 18.1 Å². The molecule has 2 N–H and O–H groups in total. The van der Waals surface area contributed by atoms with Crippen molar-refractivity contribution in [3.8, 4) is 0 Å². The highest BCUT2D eigenvalue weighted by molar-refractivity contribution is 7.89. The average molecular weight is 247 g/mol. The fourth-order valence-electron chi connectivity index (χ4n) is 1.17. The van der Waals surface area contributed by atoms with Crippen molar-refractivity contribution in [2.75, 3.05) is 19.3 Å². The van der Waals surface area contributed by atoms with E-state index >= 15 is 0 Å². The topological polar surface area (TPSA) is 84.2 Å². The van der Waals surface area contributed by atoms with Gasteiger partial charge in [0.15, 0.2) is 0 Å². The summed E-state index contributed by atoms with van der Waals surface area (Å²) in [6.45, 7) is 2.55. The van der Waals surface area contributed by atoms with Gasteiger partial charge in [0.25, 0.3) is 0 Å². The van der Waals surface area contributed by atoms with E-state index in [0.717, 1.165) is 0 Å². The van der Waals surface area contributed by atoms with Crippen molar-refractivity contribution in [1.29, 1.82) is 0 Å². The maximum atomic E-state index is 11.5. The van der Waals surface area contributed by atoms with Gasteiger partial charge in [0.1, 0.15) is 5.76 Å². The number of nitrogens with one attached hydrogen (secondary N) is 2. The minimum Gasteiger partial charge on any atom is -0.445 e. The molecule has 0 amide bonds. The highest BCUT2D eigenvalue weighted by atomic mass is 32.2. The van der Waals surface area contributed by atoms with Crippen molar-refractivity contribution in [1.82, 2.24) is 15.0 Å². The Balaban J connectivity index is 2.36. The first-order valence-electron chi connectivity index (χ1n) is 5.07. The monoisotopic (exact) mass is 247 g/mol. The highest BCUT2D eigenvalue weighted by Gasteiger charge is 2.10. The van der Waals surface area contributed by atoms with Crippen LogP contribution in [0.1, 0.15) is 18.1 Å². The molecule has 0 spiro atoms. The second-order valence-corrected chi connectivity index (χ2v) is 5.39. The molecule has 0 saturated carbocycles. The first-order valence-corrected chi connectivity index (χ1v) is 6.72. The predicted molar refractivity (Wildman–Crippen MR) is 60.4 cm³/mol. The number of aryl methyl sites for hydroxylation is 1. The van der Waals surface area contributed by atoms with Crippen LogP contribution in [-0.4, -0.2) is 32.7 Å². The molecule has 1 aromatic heterocycles. The van der Waals surface area contributed by atoms with Gasteiger partial charge in [-0.1, -0.05) is 0 Å². The molecule has 0 radical (unpaired) electrons. The number of oxazole rings is 1. The molecule has 0 fully saturated rings. The molecule has 0 aliphatic heterocycles. The number of hydrogen-bond donors (Lipinski definition) is 2. The lowest BCUT2D eigenvalue weighted by molar-refractivity contribution is 0.463. The largest absolute Gasteiger partial charge is 0.445 e. The quantitative estimate of drug-likeness (QED) is 0.663. The minimum absolute atomic E-state index is 0.105. The van der Waals surface area contributed by atoms with Crippen molar-refractivity contribution < 1.29 is 12.8 Å². The van der Waals surface area contributed by atoms with E-state index in [0.29, 0.717) is 24.6 Å². The van der Waals surface area contributed by atoms with Crippen LogP contribution >= 0.6 is 0 Å². The number of aromatic nitrogens is 1. The normalized spacial score (nSPS) is 11.9. The molecule has 0 aliphatic carbocycles. The summed E-state index contributed by atoms with van der Waals surface area (Å²) in [4.78, 5) is 3.91. The van der Waals surface area contributed by atoms with Crippen molar-refractivity contribution in [3.05, 3.63) is 17.8 Å². The Bertz CT molecular complexity index is 413. The van der Waals surface area contributed by atoms with E-state index < -0.39 is 10.0 Å². The Hall–Kier alpha value is -0.920. The molecule has 1 aromatic rings. The first kappa shape index (κ1) is 13.1. The summed E-state index contributed by atoms with van der Waals surface area (Å²) >= 11 is 0. The van der Waals surface area contributed by atoms with E-state index in [9.17, 15) is 8.42 Å². The Kier molecular flexibility index (Phi) is 4.91. The van der Waals surface area contributed by atoms with E-state index in [1.807, 2.05) is 0 Å². The summed E-state index contributed by atoms with van der Waals surface area (Å²) in [5.74, 6) is 1.16. The summed E-state index contributed by atoms with van der Waals surface area (Å²) in [5.41, 5.74) is 0. The Morgan fingerprint density at radius 1 is 1.50 bits per heavy atom. The third-order valence-corrected chi connectivity index (χ3v) is 3.36. The van der Waals surface area contributed by atoms with Gasteiger partial charge in [-0.15, -0.1) is 0 Å². The van der Waals surface area contributed by atoms with Crippen molar-refractivity contribution in [3.63, 3.8) is 0 Å². The molecule has 0 aliphatic rings. The van der Waals surface area contributed by atoms with Crippen LogP contribution in [-0.2, 0) is 16.6 Å². The van der Waals surface area contributed by atoms with Gasteiger partial charge >= 0.3 is 0 Å². The van der Waals surface area contributed by atoms with Gasteiger partial charge in [0.2, 0.25) is 15.9 Å². The van der Waals surface area contributed by atoms with Gasteiger partial charge in [-0.2, -0.15) is 0 Å². The van der Waals surface area contributed by atoms with Crippen LogP contribution in [0.3, 0.4) is 0 Å². The van der Waals surface area contributed by atoms with Crippen molar-refractivity contribution in [2.24, 2.45) is 0 Å². The van der Waals surface area contributed by atoms with Crippen LogP contribution in [0.4, 0.5) is 0 Å². The van der Waals surface area contributed by atoms with Gasteiger partial charge in [0, 0.05) is 0 Å². The lowest BCUT2D eigenvalue weighted by atomic mass is 10.5. The molecule has 0 atom stereocenters. The molecular weight excluding hydrogens is 230 g/mol. The molecule has 92 valence electrons. The summed E-state index contributed by atoms with van der Waals surface area (Å²) in [7, 11) is -1.45. The molecule has 0 saturated heterocycles. The van der Waals surface area contributed by atoms with Crippen LogP contribution in [0.15, 0.2) is 10.6 Å². The summed E-state index contributed by atoms with van der Waals surface area (Å²) < 4.78 is 30.5. The molecular formula is C9H17N3O3S. The standard InChI is InChI=1S/C9H17N3O3S/c1-8-6-11-9(15-8)7-12-16(13,14)5-3-4-10-2/h6,10,12H,3-5,7H2,1-2H3. The maximum absolute atomic E-state index is 11.5. The smallest absolute Gasteiger partial charge is 0.212 e. The summed E-state index contributed by atoms with van der Waals surface area (Å²) in [6, 6.07) is 0. The zero-order valence-electron chi connectivity index (χ0n) is 9.49. The van der Waals surface area contributed by atoms with Gasteiger partial charge in [0.05, 0.1) is 18.5 Å². The maximum Gasteiger partial charge on any atom is 0.212 e. The van der Waals surface area contributed by atoms with E-state index in [1.54, 1.807) is 20.2 Å². The fraction of sp³-hybridized carbons (Fsp3) is 0.667. The van der Waals surface area contributed by atoms with Gasteiger partial charge < -0.3 is 9.73 Å². The minimum atomic E-state index is -3.23. The van der Waals surface area contributed by atoms with Crippen molar-refractivity contribution in [2.45, 2.75) is 19.9 Å². The van der Waals surface area contributed by atoms with E-state index in [2.05, 4.69) is 15.0 Å². The van der Waals surface area contributed by atoms with Crippen LogP contribution in [0.5, 0.6) is 0 Å². The Morgan fingerprint density at radius 2 is 2.25 bits per heavy atom. The third kappa shape index (κ3) is 4.73. The number of hydrogen-bond acceptors (Lipinski definition) is 5. The van der Waals surface area contributed by atoms with E-state index in [1.165, 1.54) is 0 Å². The van der Waals surface area contributed by atoms with Gasteiger partial charge in [-0.3, -0.25) is 0 Å². The third-order valence-electron chi connectivity index (χ3n) is 1.95. The Morgan fingerprint density at radius 3 is 2.81 bits per heavy atom. The first-order chi connectivity index (χ1) is 7.53. The summed E-state index contributed by atoms with van der Waals surface area (Å²) in [5, 5.41) is 2.89. The second-order valence-electron chi connectivity index (χ2n) is 3.46. The van der Waals surface area contributed by atoms with Gasteiger partial charge in [-0.05, 0) is 26.9 Å². The molecule has 6 nitrogen and oxygen atoms in total. The highest BCUT2D eigenvalue weighted by Crippen LogP contribution is 2.01. The Labute approximate surface area is 95.5 Å². The van der Waals surface area contributed by atoms with E-state index in [-0.39, 0.29) is 12.3 Å². The van der Waals surface area contributed by atoms with Crippen LogP contribution in [0, 0.1) is 6.92 Å². The van der Waals surface area contributed by atoms with Crippen LogP contribution < -0.4 is 10.0 Å². The molecule has 0 aromatic carbocycles. The number of rotatable bonds is 7. The molecule has 1 rings (SSSR count). The van der Waals surface area contributed by atoms with Crippen LogP contribution in [0.25, 0.3) is 0 Å². The molecule has 7 heteroatoms. The van der Waals surface area contributed by atoms with E-state index in [4.69, 9.17) is 4.42 Å². The van der Waals surface area contributed by atoms with Crippen LogP contribution in [0.2, 0.25) is 0 Å². The lowest BCUT2D eigenvalue weighted by Crippen LogP contribution is -2.27. The average Bonchev–Trinajstić information content (AvgIpc) is 2.62. The number of sulfonamides is 1. The molecule has 0 unspecified atom stereocenters. The predicted octanol–water partition coefficient (Wildman–Crippen LogP) is 0.0119. The number of nitrogens with zero attached hydrogens (tertiary/aromatic N) is 1. The molecule has 1 heterocycles. The molecule has 16 heavy (non-hydrogen) atoms. The SMILES string of the molecule is CNCCCS(=O)(=O)NCc1ncc(C)o1. The zero-order chi connectivity index (χ0) is 12.0. The molecule has 0 bridgehead atoms.